The Kier molecular flexibility index (Phi) is 3.16. The molecule has 1 N–H and O–H groups in total. The zero-order chi connectivity index (χ0) is 7.40. The van der Waals surface area contributed by atoms with Crippen LogP contribution in [0.4, 0.5) is 0 Å². The van der Waals surface area contributed by atoms with E-state index in [1.54, 1.807) is 0 Å². The normalized spacial score (nSPS) is 34.2. The molecule has 0 aromatic rings. The zero-order valence-corrected chi connectivity index (χ0v) is 6.89. The molecule has 0 saturated carbocycles. The van der Waals surface area contributed by atoms with E-state index >= 15 is 0 Å². The second-order valence-corrected chi connectivity index (χ2v) is 2.98. The molecule has 0 spiro atoms. The molecule has 0 aliphatic carbocycles. The van der Waals surface area contributed by atoms with Gasteiger partial charge in [-0.05, 0) is 26.3 Å². The van der Waals surface area contributed by atoms with Crippen molar-refractivity contribution in [3.8, 4) is 0 Å². The maximum Gasteiger partial charge on any atom is 0.0623 e. The van der Waals surface area contributed by atoms with Crippen LogP contribution in [0, 0.1) is 0 Å². The fourth-order valence-corrected chi connectivity index (χ4v) is 1.33. The summed E-state index contributed by atoms with van der Waals surface area (Å²) in [7, 11) is 0. The molecule has 2 heteroatoms. The van der Waals surface area contributed by atoms with Crippen LogP contribution in [-0.2, 0) is 4.74 Å². The molecule has 0 aromatic heterocycles. The predicted molar refractivity (Wildman–Crippen MR) is 42.1 cm³/mol. The molecule has 2 nitrogen and oxygen atoms in total. The van der Waals surface area contributed by atoms with Crippen molar-refractivity contribution in [2.24, 2.45) is 0 Å². The van der Waals surface area contributed by atoms with Crippen LogP contribution < -0.4 is 5.32 Å². The maximum absolute atomic E-state index is 5.48. The van der Waals surface area contributed by atoms with Gasteiger partial charge in [0.15, 0.2) is 0 Å². The zero-order valence-electron chi connectivity index (χ0n) is 6.89. The van der Waals surface area contributed by atoms with Crippen LogP contribution in [-0.4, -0.2) is 25.3 Å². The molecule has 0 bridgehead atoms. The van der Waals surface area contributed by atoms with Gasteiger partial charge in [0, 0.05) is 6.04 Å². The Balaban J connectivity index is 2.13. The largest absolute Gasteiger partial charge is 0.377 e. The van der Waals surface area contributed by atoms with E-state index in [1.165, 1.54) is 12.8 Å². The second kappa shape index (κ2) is 3.94. The number of hydrogen-bond donors (Lipinski definition) is 1. The molecule has 1 unspecified atom stereocenters. The first-order valence-electron chi connectivity index (χ1n) is 4.18. The smallest absolute Gasteiger partial charge is 0.0623 e. The number of likely N-dealkylation sites (N-methyl/N-ethyl adjacent to an activating group) is 1. The number of ether oxygens (including phenoxy) is 1. The fourth-order valence-electron chi connectivity index (χ4n) is 1.33. The number of nitrogens with one attached hydrogen (secondary N) is 1. The van der Waals surface area contributed by atoms with E-state index in [-0.39, 0.29) is 0 Å². The van der Waals surface area contributed by atoms with Gasteiger partial charge in [-0.3, -0.25) is 0 Å². The second-order valence-electron chi connectivity index (χ2n) is 2.98. The standard InChI is InChI=1S/C8H17NO/c1-3-9-8-5-4-7(2)10-6-8/h7-9H,3-6H2,1-2H3/t7-,8?/m0/s1. The third-order valence-corrected chi connectivity index (χ3v) is 2.00. The molecular formula is C8H17NO. The topological polar surface area (TPSA) is 21.3 Å². The molecular weight excluding hydrogens is 126 g/mol. The summed E-state index contributed by atoms with van der Waals surface area (Å²) < 4.78 is 5.48. The van der Waals surface area contributed by atoms with Gasteiger partial charge in [-0.25, -0.2) is 0 Å². The monoisotopic (exact) mass is 143 g/mol. The molecule has 0 aromatic carbocycles. The van der Waals surface area contributed by atoms with Crippen molar-refractivity contribution in [1.82, 2.24) is 5.32 Å². The first-order chi connectivity index (χ1) is 4.83. The van der Waals surface area contributed by atoms with Gasteiger partial charge in [0.05, 0.1) is 12.7 Å². The van der Waals surface area contributed by atoms with Crippen molar-refractivity contribution in [3.05, 3.63) is 0 Å². The summed E-state index contributed by atoms with van der Waals surface area (Å²) in [4.78, 5) is 0. The van der Waals surface area contributed by atoms with Crippen LogP contribution in [0.2, 0.25) is 0 Å². The highest BCUT2D eigenvalue weighted by atomic mass is 16.5. The lowest BCUT2D eigenvalue weighted by molar-refractivity contribution is 0.00909. The summed E-state index contributed by atoms with van der Waals surface area (Å²) in [5, 5.41) is 3.38. The van der Waals surface area contributed by atoms with E-state index in [2.05, 4.69) is 19.2 Å². The molecule has 1 rings (SSSR count). The maximum atomic E-state index is 5.48. The predicted octanol–water partition coefficient (Wildman–Crippen LogP) is 1.16. The van der Waals surface area contributed by atoms with E-state index in [4.69, 9.17) is 4.74 Å². The summed E-state index contributed by atoms with van der Waals surface area (Å²) in [6, 6.07) is 0.612. The molecule has 1 saturated heterocycles. The van der Waals surface area contributed by atoms with Crippen LogP contribution in [0.1, 0.15) is 26.7 Å². The highest BCUT2D eigenvalue weighted by Gasteiger charge is 2.16. The molecule has 1 aliphatic rings. The van der Waals surface area contributed by atoms with E-state index in [0.29, 0.717) is 12.1 Å². The Labute approximate surface area is 63.0 Å². The average Bonchev–Trinajstić information content (AvgIpc) is 1.95. The lowest BCUT2D eigenvalue weighted by Gasteiger charge is -2.27. The van der Waals surface area contributed by atoms with E-state index in [1.807, 2.05) is 0 Å². The van der Waals surface area contributed by atoms with Gasteiger partial charge in [0.25, 0.3) is 0 Å². The van der Waals surface area contributed by atoms with Gasteiger partial charge in [0.1, 0.15) is 0 Å². The first kappa shape index (κ1) is 8.02. The number of hydrogen-bond acceptors (Lipinski definition) is 2. The number of rotatable bonds is 2. The van der Waals surface area contributed by atoms with Crippen molar-refractivity contribution in [2.75, 3.05) is 13.2 Å². The summed E-state index contributed by atoms with van der Waals surface area (Å²) in [6.07, 6.45) is 2.96. The van der Waals surface area contributed by atoms with Crippen LogP contribution in [0.5, 0.6) is 0 Å². The Morgan fingerprint density at radius 3 is 2.80 bits per heavy atom. The summed E-state index contributed by atoms with van der Waals surface area (Å²) in [6.45, 7) is 6.23. The Hall–Kier alpha value is -0.0800. The Morgan fingerprint density at radius 2 is 2.30 bits per heavy atom. The minimum Gasteiger partial charge on any atom is -0.377 e. The molecule has 0 radical (unpaired) electrons. The third kappa shape index (κ3) is 2.27. The van der Waals surface area contributed by atoms with Crippen molar-refractivity contribution in [3.63, 3.8) is 0 Å². The van der Waals surface area contributed by atoms with Crippen molar-refractivity contribution in [2.45, 2.75) is 38.8 Å². The van der Waals surface area contributed by atoms with Crippen LogP contribution in [0.3, 0.4) is 0 Å². The molecule has 0 amide bonds. The summed E-state index contributed by atoms with van der Waals surface area (Å²) >= 11 is 0. The highest BCUT2D eigenvalue weighted by Crippen LogP contribution is 2.12. The average molecular weight is 143 g/mol. The van der Waals surface area contributed by atoms with Gasteiger partial charge in [-0.2, -0.15) is 0 Å². The summed E-state index contributed by atoms with van der Waals surface area (Å²) in [5.41, 5.74) is 0. The highest BCUT2D eigenvalue weighted by molar-refractivity contribution is 4.72. The van der Waals surface area contributed by atoms with E-state index in [0.717, 1.165) is 13.2 Å². The van der Waals surface area contributed by atoms with E-state index < -0.39 is 0 Å². The molecule has 1 fully saturated rings. The van der Waals surface area contributed by atoms with Gasteiger partial charge >= 0.3 is 0 Å². The third-order valence-electron chi connectivity index (χ3n) is 2.00. The van der Waals surface area contributed by atoms with Crippen LogP contribution in [0.15, 0.2) is 0 Å². The summed E-state index contributed by atoms with van der Waals surface area (Å²) in [5.74, 6) is 0. The Bertz CT molecular complexity index is 87.3. The molecule has 60 valence electrons. The van der Waals surface area contributed by atoms with Gasteiger partial charge in [0.2, 0.25) is 0 Å². The van der Waals surface area contributed by atoms with Gasteiger partial charge < -0.3 is 10.1 Å². The molecule has 1 heterocycles. The Morgan fingerprint density at radius 1 is 1.50 bits per heavy atom. The van der Waals surface area contributed by atoms with E-state index in [9.17, 15) is 0 Å². The van der Waals surface area contributed by atoms with Crippen molar-refractivity contribution >= 4 is 0 Å². The lowest BCUT2D eigenvalue weighted by atomic mass is 10.1. The van der Waals surface area contributed by atoms with Crippen LogP contribution >= 0.6 is 0 Å². The SMILES string of the molecule is CCNC1CC[C@H](C)OC1. The lowest BCUT2D eigenvalue weighted by Crippen LogP contribution is -2.38. The minimum atomic E-state index is 0.481. The van der Waals surface area contributed by atoms with Crippen molar-refractivity contribution in [1.29, 1.82) is 0 Å². The molecule has 1 aliphatic heterocycles. The van der Waals surface area contributed by atoms with Crippen LogP contribution in [0.25, 0.3) is 0 Å². The first-order valence-corrected chi connectivity index (χ1v) is 4.18. The molecule has 10 heavy (non-hydrogen) atoms. The molecule has 2 atom stereocenters. The quantitative estimate of drug-likeness (QED) is 0.626. The minimum absolute atomic E-state index is 0.481. The van der Waals surface area contributed by atoms with Crippen molar-refractivity contribution < 1.29 is 4.74 Å². The van der Waals surface area contributed by atoms with Gasteiger partial charge in [-0.1, -0.05) is 6.92 Å². The fraction of sp³-hybridized carbons (Fsp3) is 1.00. The van der Waals surface area contributed by atoms with Gasteiger partial charge in [-0.15, -0.1) is 0 Å².